The molecule has 0 radical (unpaired) electrons. The Morgan fingerprint density at radius 3 is 2.73 bits per heavy atom. The molecule has 0 spiro atoms. The van der Waals surface area contributed by atoms with Crippen LogP contribution in [0.25, 0.3) is 10.9 Å². The number of nitrogens with zero attached hydrogens (tertiary/aromatic N) is 2. The fourth-order valence-corrected chi connectivity index (χ4v) is 3.26. The molecule has 1 amide bonds. The lowest BCUT2D eigenvalue weighted by Gasteiger charge is -2.28. The molecule has 4 rings (SSSR count). The first-order valence-corrected chi connectivity index (χ1v) is 8.81. The summed E-state index contributed by atoms with van der Waals surface area (Å²) in [5, 5.41) is 3.95. The van der Waals surface area contributed by atoms with E-state index in [9.17, 15) is 4.79 Å². The second-order valence-electron chi connectivity index (χ2n) is 6.59. The van der Waals surface area contributed by atoms with Crippen LogP contribution in [0, 0.1) is 13.8 Å². The fourth-order valence-electron chi connectivity index (χ4n) is 3.26. The third-order valence-electron chi connectivity index (χ3n) is 4.94. The van der Waals surface area contributed by atoms with Crippen molar-refractivity contribution in [1.29, 1.82) is 0 Å². The molecule has 134 valence electrons. The highest BCUT2D eigenvalue weighted by Crippen LogP contribution is 2.23. The largest absolute Gasteiger partial charge is 0.378 e. The number of hydrogen-bond acceptors (Lipinski definition) is 4. The van der Waals surface area contributed by atoms with Gasteiger partial charge in [0, 0.05) is 35.2 Å². The third kappa shape index (κ3) is 3.15. The van der Waals surface area contributed by atoms with Crippen molar-refractivity contribution in [2.75, 3.05) is 36.5 Å². The minimum absolute atomic E-state index is 0.156. The van der Waals surface area contributed by atoms with Crippen LogP contribution >= 0.6 is 0 Å². The summed E-state index contributed by atoms with van der Waals surface area (Å²) < 4.78 is 5.37. The summed E-state index contributed by atoms with van der Waals surface area (Å²) in [6.45, 7) is 7.29. The van der Waals surface area contributed by atoms with Crippen LogP contribution in [-0.2, 0) is 4.74 Å². The number of nitrogens with one attached hydrogen (secondary N) is 2. The van der Waals surface area contributed by atoms with Crippen LogP contribution in [0.1, 0.15) is 21.6 Å². The zero-order chi connectivity index (χ0) is 18.1. The normalized spacial score (nSPS) is 14.6. The number of morpholine rings is 1. The van der Waals surface area contributed by atoms with E-state index in [2.05, 4.69) is 27.1 Å². The zero-order valence-corrected chi connectivity index (χ0v) is 15.0. The van der Waals surface area contributed by atoms with E-state index in [-0.39, 0.29) is 5.91 Å². The Morgan fingerprint density at radius 2 is 2.00 bits per heavy atom. The highest BCUT2D eigenvalue weighted by molar-refractivity contribution is 6.06. The number of anilines is 2. The molecule has 0 aliphatic carbocycles. The molecule has 1 aliphatic rings. The van der Waals surface area contributed by atoms with E-state index in [1.165, 1.54) is 5.56 Å². The molecule has 6 nitrogen and oxygen atoms in total. The number of amides is 1. The van der Waals surface area contributed by atoms with Crippen LogP contribution in [0.2, 0.25) is 0 Å². The van der Waals surface area contributed by atoms with Crippen molar-refractivity contribution in [3.63, 3.8) is 0 Å². The van der Waals surface area contributed by atoms with Crippen molar-refractivity contribution in [2.24, 2.45) is 0 Å². The standard InChI is InChI=1S/C20H22N4O2/c1-13-14(2)22-18-5-3-15(11-17(13)18)20(25)23-19-6-4-16(12-21-19)24-7-9-26-10-8-24/h3-6,11-12,22H,7-10H2,1-2H3,(H,21,23,25). The molecule has 6 heteroatoms. The second kappa shape index (κ2) is 6.80. The first-order chi connectivity index (χ1) is 12.6. The molecule has 3 aromatic rings. The molecule has 1 saturated heterocycles. The zero-order valence-electron chi connectivity index (χ0n) is 15.0. The lowest BCUT2D eigenvalue weighted by molar-refractivity contribution is 0.102. The number of aromatic amines is 1. The number of rotatable bonds is 3. The molecule has 0 atom stereocenters. The van der Waals surface area contributed by atoms with E-state index in [1.807, 2.05) is 37.3 Å². The summed E-state index contributed by atoms with van der Waals surface area (Å²) >= 11 is 0. The van der Waals surface area contributed by atoms with E-state index < -0.39 is 0 Å². The number of H-pyrrole nitrogens is 1. The number of hydrogen-bond donors (Lipinski definition) is 2. The van der Waals surface area contributed by atoms with Crippen LogP contribution in [-0.4, -0.2) is 42.2 Å². The van der Waals surface area contributed by atoms with Crippen molar-refractivity contribution in [3.8, 4) is 0 Å². The van der Waals surface area contributed by atoms with Gasteiger partial charge in [0.05, 0.1) is 25.1 Å². The van der Waals surface area contributed by atoms with Crippen LogP contribution < -0.4 is 10.2 Å². The first-order valence-electron chi connectivity index (χ1n) is 8.81. The summed E-state index contributed by atoms with van der Waals surface area (Å²) in [6.07, 6.45) is 1.80. The van der Waals surface area contributed by atoms with E-state index in [1.54, 1.807) is 6.20 Å². The number of carbonyl (C=O) groups is 1. The summed E-state index contributed by atoms with van der Waals surface area (Å²) in [6, 6.07) is 9.52. The summed E-state index contributed by atoms with van der Waals surface area (Å²) in [7, 11) is 0. The molecular weight excluding hydrogens is 328 g/mol. The molecule has 3 heterocycles. The maximum absolute atomic E-state index is 12.6. The molecule has 1 aliphatic heterocycles. The Labute approximate surface area is 152 Å². The number of benzene rings is 1. The van der Waals surface area contributed by atoms with Crippen LogP contribution in [0.3, 0.4) is 0 Å². The molecular formula is C20H22N4O2. The minimum atomic E-state index is -0.156. The van der Waals surface area contributed by atoms with Gasteiger partial charge in [-0.15, -0.1) is 0 Å². The van der Waals surface area contributed by atoms with Gasteiger partial charge in [-0.1, -0.05) is 0 Å². The Kier molecular flexibility index (Phi) is 4.34. The summed E-state index contributed by atoms with van der Waals surface area (Å²) in [5.74, 6) is 0.394. The molecule has 26 heavy (non-hydrogen) atoms. The van der Waals surface area contributed by atoms with Gasteiger partial charge in [0.2, 0.25) is 0 Å². The van der Waals surface area contributed by atoms with Crippen LogP contribution in [0.15, 0.2) is 36.5 Å². The molecule has 1 fully saturated rings. The van der Waals surface area contributed by atoms with Gasteiger partial charge in [-0.3, -0.25) is 4.79 Å². The molecule has 0 saturated carbocycles. The maximum Gasteiger partial charge on any atom is 0.256 e. The number of fused-ring (bicyclic) bond motifs is 1. The third-order valence-corrected chi connectivity index (χ3v) is 4.94. The number of pyridine rings is 1. The monoisotopic (exact) mass is 350 g/mol. The van der Waals surface area contributed by atoms with E-state index in [4.69, 9.17) is 4.74 Å². The first kappa shape index (κ1) is 16.6. The maximum atomic E-state index is 12.6. The summed E-state index contributed by atoms with van der Waals surface area (Å²) in [4.78, 5) is 22.5. The van der Waals surface area contributed by atoms with Gasteiger partial charge >= 0.3 is 0 Å². The predicted octanol–water partition coefficient (Wildman–Crippen LogP) is 3.27. The molecule has 0 unspecified atom stereocenters. The van der Waals surface area contributed by atoms with Crippen molar-refractivity contribution in [1.82, 2.24) is 9.97 Å². The lowest BCUT2D eigenvalue weighted by atomic mass is 10.1. The van der Waals surface area contributed by atoms with E-state index >= 15 is 0 Å². The van der Waals surface area contributed by atoms with Gasteiger partial charge < -0.3 is 19.9 Å². The predicted molar refractivity (Wildman–Crippen MR) is 103 cm³/mol. The quantitative estimate of drug-likeness (QED) is 0.761. The highest BCUT2D eigenvalue weighted by atomic mass is 16.5. The van der Waals surface area contributed by atoms with E-state index in [0.717, 1.165) is 48.6 Å². The SMILES string of the molecule is Cc1[nH]c2ccc(C(=O)Nc3ccc(N4CCOCC4)cn3)cc2c1C. The molecule has 1 aromatic carbocycles. The average Bonchev–Trinajstić information content (AvgIpc) is 2.96. The number of carbonyl (C=O) groups excluding carboxylic acids is 1. The molecule has 2 aromatic heterocycles. The molecule has 0 bridgehead atoms. The number of aromatic nitrogens is 2. The topological polar surface area (TPSA) is 70.2 Å². The van der Waals surface area contributed by atoms with Gasteiger partial charge in [0.1, 0.15) is 5.82 Å². The van der Waals surface area contributed by atoms with Crippen molar-refractivity contribution >= 4 is 28.3 Å². The van der Waals surface area contributed by atoms with Gasteiger partial charge in [-0.25, -0.2) is 4.98 Å². The fraction of sp³-hybridized carbons (Fsp3) is 0.300. The summed E-state index contributed by atoms with van der Waals surface area (Å²) in [5.41, 5.74) is 5.01. The van der Waals surface area contributed by atoms with Crippen LogP contribution in [0.5, 0.6) is 0 Å². The average molecular weight is 350 g/mol. The van der Waals surface area contributed by atoms with Gasteiger partial charge in [0.25, 0.3) is 5.91 Å². The van der Waals surface area contributed by atoms with E-state index in [0.29, 0.717) is 11.4 Å². The Balaban J connectivity index is 1.49. The van der Waals surface area contributed by atoms with Crippen molar-refractivity contribution in [3.05, 3.63) is 53.3 Å². The van der Waals surface area contributed by atoms with Crippen molar-refractivity contribution < 1.29 is 9.53 Å². The van der Waals surface area contributed by atoms with Gasteiger partial charge in [-0.2, -0.15) is 0 Å². The number of aryl methyl sites for hydroxylation is 2. The second-order valence-corrected chi connectivity index (χ2v) is 6.59. The molecule has 2 N–H and O–H groups in total. The Morgan fingerprint density at radius 1 is 1.19 bits per heavy atom. The van der Waals surface area contributed by atoms with Gasteiger partial charge in [0.15, 0.2) is 0 Å². The van der Waals surface area contributed by atoms with Crippen molar-refractivity contribution in [2.45, 2.75) is 13.8 Å². The van der Waals surface area contributed by atoms with Crippen LogP contribution in [0.4, 0.5) is 11.5 Å². The Hall–Kier alpha value is -2.86. The Bertz CT molecular complexity index is 940. The smallest absolute Gasteiger partial charge is 0.256 e. The minimum Gasteiger partial charge on any atom is -0.378 e. The highest BCUT2D eigenvalue weighted by Gasteiger charge is 2.13. The lowest BCUT2D eigenvalue weighted by Crippen LogP contribution is -2.36. The number of ether oxygens (including phenoxy) is 1. The van der Waals surface area contributed by atoms with Gasteiger partial charge in [-0.05, 0) is 49.7 Å².